The fourth-order valence-electron chi connectivity index (χ4n) is 4.39. The van der Waals surface area contributed by atoms with Crippen LogP contribution in [0.15, 0.2) is 4.99 Å². The summed E-state index contributed by atoms with van der Waals surface area (Å²) in [6.07, 6.45) is -6.82. The number of halogens is 5. The van der Waals surface area contributed by atoms with Crippen molar-refractivity contribution >= 4 is 22.9 Å². The van der Waals surface area contributed by atoms with Crippen LogP contribution in [0, 0.1) is 11.3 Å². The molecule has 1 aliphatic carbocycles. The first-order valence-corrected chi connectivity index (χ1v) is 11.4. The van der Waals surface area contributed by atoms with Crippen molar-refractivity contribution in [1.82, 2.24) is 4.90 Å². The zero-order valence-corrected chi connectivity index (χ0v) is 18.7. The molecule has 178 valence electrons. The number of aliphatic hydroxyl groups is 1. The van der Waals surface area contributed by atoms with Gasteiger partial charge in [-0.25, -0.2) is 18.6 Å². The van der Waals surface area contributed by atoms with Gasteiger partial charge in [0.05, 0.1) is 5.04 Å². The number of piperidine rings is 1. The van der Waals surface area contributed by atoms with E-state index in [1.54, 1.807) is 20.8 Å². The molecular formula is C20H29F5N2O3S. The van der Waals surface area contributed by atoms with E-state index in [0.717, 1.165) is 11.8 Å². The molecule has 2 heterocycles. The van der Waals surface area contributed by atoms with Gasteiger partial charge in [0, 0.05) is 37.6 Å². The second kappa shape index (κ2) is 8.04. The molecule has 0 aromatic rings. The first-order valence-electron chi connectivity index (χ1n) is 10.4. The Labute approximate surface area is 182 Å². The quantitative estimate of drug-likeness (QED) is 0.560. The number of carbonyl (C=O) groups excluding carboxylic acids is 1. The first-order chi connectivity index (χ1) is 14.1. The van der Waals surface area contributed by atoms with E-state index in [0.29, 0.717) is 0 Å². The number of ether oxygens (including phenoxy) is 1. The molecule has 0 spiro atoms. The van der Waals surface area contributed by atoms with Gasteiger partial charge >= 0.3 is 12.3 Å². The summed E-state index contributed by atoms with van der Waals surface area (Å²) in [7, 11) is 0. The highest BCUT2D eigenvalue weighted by molar-refractivity contribution is 8.14. The second-order valence-electron chi connectivity index (χ2n) is 9.76. The van der Waals surface area contributed by atoms with E-state index in [-0.39, 0.29) is 49.6 Å². The van der Waals surface area contributed by atoms with E-state index >= 15 is 0 Å². The molecule has 1 atom stereocenters. The van der Waals surface area contributed by atoms with Crippen molar-refractivity contribution < 1.29 is 36.6 Å². The number of hydrogen-bond acceptors (Lipinski definition) is 5. The molecule has 0 aromatic carbocycles. The Morgan fingerprint density at radius 1 is 1.13 bits per heavy atom. The molecule has 0 bridgehead atoms. The van der Waals surface area contributed by atoms with Gasteiger partial charge < -0.3 is 14.7 Å². The standard InChI is InChI=1S/C20H29F5N2O3S/c1-16(2,3)30-15(28)27-10-8-17(9-11-27,20(23,24)25)14-26-19(29,12-31-14)13-4-6-18(21,22)7-5-13/h13,29H,4-12H2,1-3H3. The van der Waals surface area contributed by atoms with Crippen LogP contribution in [0.2, 0.25) is 0 Å². The van der Waals surface area contributed by atoms with Crippen LogP contribution < -0.4 is 0 Å². The fourth-order valence-corrected chi connectivity index (χ4v) is 5.86. The van der Waals surface area contributed by atoms with Gasteiger partial charge in [-0.15, -0.1) is 11.8 Å². The molecule has 1 amide bonds. The van der Waals surface area contributed by atoms with Gasteiger partial charge in [-0.1, -0.05) is 0 Å². The maximum Gasteiger partial charge on any atom is 0.410 e. The third kappa shape index (κ3) is 5.12. The van der Waals surface area contributed by atoms with Crippen LogP contribution in [0.3, 0.4) is 0 Å². The zero-order valence-electron chi connectivity index (χ0n) is 17.9. The lowest BCUT2D eigenvalue weighted by Crippen LogP contribution is -2.53. The van der Waals surface area contributed by atoms with Gasteiger partial charge in [0.15, 0.2) is 5.72 Å². The van der Waals surface area contributed by atoms with Crippen LogP contribution >= 0.6 is 11.8 Å². The predicted octanol–water partition coefficient (Wildman–Crippen LogP) is 5.23. The maximum atomic E-state index is 14.2. The minimum Gasteiger partial charge on any atom is -0.444 e. The minimum absolute atomic E-state index is 0.0201. The summed E-state index contributed by atoms with van der Waals surface area (Å²) < 4.78 is 74.9. The predicted molar refractivity (Wildman–Crippen MR) is 107 cm³/mol. The van der Waals surface area contributed by atoms with Crippen molar-refractivity contribution in [3.63, 3.8) is 0 Å². The SMILES string of the molecule is CC(C)(C)OC(=O)N1CCC(C2=NC(O)(C3CCC(F)(F)CC3)CS2)(C(F)(F)F)CC1. The highest BCUT2D eigenvalue weighted by atomic mass is 32.2. The topological polar surface area (TPSA) is 62.1 Å². The van der Waals surface area contributed by atoms with Crippen molar-refractivity contribution in [2.75, 3.05) is 18.8 Å². The van der Waals surface area contributed by atoms with Gasteiger partial charge in [0.1, 0.15) is 11.0 Å². The lowest BCUT2D eigenvalue weighted by atomic mass is 9.77. The Balaban J connectivity index is 1.77. The van der Waals surface area contributed by atoms with E-state index < -0.39 is 53.7 Å². The molecule has 0 radical (unpaired) electrons. The number of alkyl halides is 5. The van der Waals surface area contributed by atoms with E-state index in [1.807, 2.05) is 0 Å². The molecule has 3 rings (SSSR count). The number of rotatable bonds is 2. The Morgan fingerprint density at radius 3 is 2.16 bits per heavy atom. The van der Waals surface area contributed by atoms with Gasteiger partial charge in [-0.3, -0.25) is 0 Å². The van der Waals surface area contributed by atoms with E-state index in [2.05, 4.69) is 4.99 Å². The normalized spacial score (nSPS) is 29.6. The molecule has 1 N–H and O–H groups in total. The average Bonchev–Trinajstić information content (AvgIpc) is 3.03. The molecule has 31 heavy (non-hydrogen) atoms. The molecule has 11 heteroatoms. The Morgan fingerprint density at radius 2 is 1.68 bits per heavy atom. The Kier molecular flexibility index (Phi) is 6.36. The maximum absolute atomic E-state index is 14.2. The second-order valence-corrected chi connectivity index (χ2v) is 10.7. The highest BCUT2D eigenvalue weighted by Crippen LogP contribution is 2.54. The molecule has 1 unspecified atom stereocenters. The summed E-state index contributed by atoms with van der Waals surface area (Å²) in [4.78, 5) is 17.6. The summed E-state index contributed by atoms with van der Waals surface area (Å²) in [6, 6.07) is 0. The van der Waals surface area contributed by atoms with Crippen LogP contribution in [-0.4, -0.2) is 63.4 Å². The fraction of sp³-hybridized carbons (Fsp3) is 0.900. The molecule has 2 aliphatic heterocycles. The number of aliphatic imine (C=N–C) groups is 1. The van der Waals surface area contributed by atoms with Crippen molar-refractivity contribution in [1.29, 1.82) is 0 Å². The lowest BCUT2D eigenvalue weighted by molar-refractivity contribution is -0.208. The highest BCUT2D eigenvalue weighted by Gasteiger charge is 2.62. The summed E-state index contributed by atoms with van der Waals surface area (Å²) in [5.74, 6) is -3.47. The summed E-state index contributed by atoms with van der Waals surface area (Å²) in [5.41, 5.74) is -4.79. The number of hydrogen-bond donors (Lipinski definition) is 1. The molecular weight excluding hydrogens is 443 g/mol. The third-order valence-electron chi connectivity index (χ3n) is 6.31. The van der Waals surface area contributed by atoms with Crippen LogP contribution in [0.5, 0.6) is 0 Å². The van der Waals surface area contributed by atoms with E-state index in [4.69, 9.17) is 4.74 Å². The van der Waals surface area contributed by atoms with Crippen LogP contribution in [0.1, 0.15) is 59.3 Å². The smallest absolute Gasteiger partial charge is 0.410 e. The minimum atomic E-state index is -4.62. The first kappa shape index (κ1) is 24.5. The zero-order chi connectivity index (χ0) is 23.3. The molecule has 3 aliphatic rings. The van der Waals surface area contributed by atoms with Crippen molar-refractivity contribution in [3.05, 3.63) is 0 Å². The largest absolute Gasteiger partial charge is 0.444 e. The molecule has 1 saturated heterocycles. The van der Waals surface area contributed by atoms with Crippen LogP contribution in [-0.2, 0) is 4.74 Å². The molecule has 0 aromatic heterocycles. The van der Waals surface area contributed by atoms with E-state index in [9.17, 15) is 31.9 Å². The number of carbonyl (C=O) groups is 1. The Hall–Kier alpha value is -1.10. The van der Waals surface area contributed by atoms with Gasteiger partial charge in [-0.2, -0.15) is 13.2 Å². The molecule has 2 fully saturated rings. The molecule has 5 nitrogen and oxygen atoms in total. The third-order valence-corrected chi connectivity index (χ3v) is 7.63. The van der Waals surface area contributed by atoms with Crippen LogP contribution in [0.4, 0.5) is 26.7 Å². The van der Waals surface area contributed by atoms with Crippen molar-refractivity contribution in [2.24, 2.45) is 16.3 Å². The summed E-state index contributed by atoms with van der Waals surface area (Å²) in [6.45, 7) is 4.74. The number of likely N-dealkylation sites (tertiary alicyclic amines) is 1. The van der Waals surface area contributed by atoms with Crippen molar-refractivity contribution in [2.45, 2.75) is 82.7 Å². The Bertz CT molecular complexity index is 719. The number of amides is 1. The monoisotopic (exact) mass is 472 g/mol. The number of thioether (sulfide) groups is 1. The number of nitrogens with zero attached hydrogens (tertiary/aromatic N) is 2. The summed E-state index contributed by atoms with van der Waals surface area (Å²) >= 11 is 0.853. The van der Waals surface area contributed by atoms with Gasteiger partial charge in [0.25, 0.3) is 0 Å². The van der Waals surface area contributed by atoms with Gasteiger partial charge in [0.2, 0.25) is 5.92 Å². The lowest BCUT2D eigenvalue weighted by Gasteiger charge is -2.42. The summed E-state index contributed by atoms with van der Waals surface area (Å²) in [5, 5.41) is 10.7. The average molecular weight is 473 g/mol. The van der Waals surface area contributed by atoms with E-state index in [1.165, 1.54) is 4.90 Å². The van der Waals surface area contributed by atoms with Crippen molar-refractivity contribution in [3.8, 4) is 0 Å². The molecule has 1 saturated carbocycles. The van der Waals surface area contributed by atoms with Crippen LogP contribution in [0.25, 0.3) is 0 Å². The van der Waals surface area contributed by atoms with Gasteiger partial charge in [-0.05, 0) is 46.5 Å².